The summed E-state index contributed by atoms with van der Waals surface area (Å²) >= 11 is 0. The molecular formula is C83H124NO8P. The van der Waals surface area contributed by atoms with Gasteiger partial charge >= 0.3 is 19.8 Å². The van der Waals surface area contributed by atoms with E-state index in [0.717, 1.165) is 180 Å². The number of hydrogen-bond acceptors (Lipinski definition) is 8. The van der Waals surface area contributed by atoms with Crippen molar-refractivity contribution < 1.29 is 37.6 Å². The number of hydrogen-bond donors (Lipinski definition) is 2. The third-order valence-corrected chi connectivity index (χ3v) is 14.4. The van der Waals surface area contributed by atoms with E-state index in [9.17, 15) is 19.0 Å². The van der Waals surface area contributed by atoms with Gasteiger partial charge in [0.1, 0.15) is 6.61 Å². The Labute approximate surface area is 567 Å². The number of carbonyl (C=O) groups is 2. The van der Waals surface area contributed by atoms with Crippen LogP contribution in [0.15, 0.2) is 255 Å². The lowest BCUT2D eigenvalue weighted by atomic mass is 10.1. The molecule has 93 heavy (non-hydrogen) atoms. The molecular weight excluding hydrogens is 1170 g/mol. The predicted molar refractivity (Wildman–Crippen MR) is 403 cm³/mol. The Balaban J connectivity index is 4.14. The molecule has 2 atom stereocenters. The fraction of sp³-hybridized carbons (Fsp3) is 0.470. The molecule has 3 N–H and O–H groups in total. The van der Waals surface area contributed by atoms with Gasteiger partial charge in [0.2, 0.25) is 0 Å². The van der Waals surface area contributed by atoms with Crippen LogP contribution in [0.1, 0.15) is 219 Å². The first-order chi connectivity index (χ1) is 45.8. The van der Waals surface area contributed by atoms with E-state index in [1.54, 1.807) is 0 Å². The Morgan fingerprint density at radius 3 is 0.849 bits per heavy atom. The molecule has 0 saturated heterocycles. The second kappa shape index (κ2) is 74.6. The number of ether oxygens (including phenoxy) is 2. The lowest BCUT2D eigenvalue weighted by molar-refractivity contribution is -0.161. The number of carbonyl (C=O) groups excluding carboxylic acids is 2. The van der Waals surface area contributed by atoms with E-state index in [4.69, 9.17) is 24.3 Å². The molecule has 2 unspecified atom stereocenters. The van der Waals surface area contributed by atoms with Crippen molar-refractivity contribution in [2.75, 3.05) is 26.4 Å². The first kappa shape index (κ1) is 86.5. The van der Waals surface area contributed by atoms with Crippen LogP contribution in [0.25, 0.3) is 0 Å². The van der Waals surface area contributed by atoms with Gasteiger partial charge in [0, 0.05) is 19.4 Å². The molecule has 0 aromatic heterocycles. The van der Waals surface area contributed by atoms with Gasteiger partial charge in [-0.1, -0.05) is 288 Å². The van der Waals surface area contributed by atoms with Crippen molar-refractivity contribution in [2.24, 2.45) is 5.73 Å². The highest BCUT2D eigenvalue weighted by atomic mass is 31.2. The van der Waals surface area contributed by atoms with Crippen LogP contribution in [0.2, 0.25) is 0 Å². The number of phosphoric acid groups is 1. The highest BCUT2D eigenvalue weighted by molar-refractivity contribution is 7.47. The molecule has 514 valence electrons. The minimum absolute atomic E-state index is 0.0282. The first-order valence-corrected chi connectivity index (χ1v) is 36.7. The van der Waals surface area contributed by atoms with E-state index in [0.29, 0.717) is 12.8 Å². The SMILES string of the molecule is CC/C=C\C/C=C\C/C=C\C/C=C\C/C=C\C/C=C\C/C=C\C/C=C\C/C=C\C/C=C\C/C=C\C/C=C\CCCCC(=O)OC(COC(=O)CCCCCCC/C=C\C/C=C\C/C=C\C/C=C\C/C=C\C/C=C\C/C=C\C/C=C\C/C=C\CC)COP(=O)(O)OCCN. The lowest BCUT2D eigenvalue weighted by Crippen LogP contribution is -2.29. The molecule has 0 aliphatic carbocycles. The summed E-state index contributed by atoms with van der Waals surface area (Å²) in [5.41, 5.74) is 5.39. The molecule has 0 radical (unpaired) electrons. The molecule has 0 amide bonds. The highest BCUT2D eigenvalue weighted by Gasteiger charge is 2.26. The van der Waals surface area contributed by atoms with Crippen LogP contribution in [0.4, 0.5) is 0 Å². The van der Waals surface area contributed by atoms with E-state index in [1.165, 1.54) is 0 Å². The second-order valence-electron chi connectivity index (χ2n) is 21.9. The molecule has 0 bridgehead atoms. The van der Waals surface area contributed by atoms with Crippen LogP contribution in [0, 0.1) is 0 Å². The van der Waals surface area contributed by atoms with Crippen LogP contribution >= 0.6 is 7.82 Å². The summed E-state index contributed by atoms with van der Waals surface area (Å²) in [5.74, 6) is -0.925. The zero-order valence-electron chi connectivity index (χ0n) is 57.6. The van der Waals surface area contributed by atoms with E-state index in [-0.39, 0.29) is 32.6 Å². The van der Waals surface area contributed by atoms with E-state index in [2.05, 4.69) is 269 Å². The fourth-order valence-corrected chi connectivity index (χ4v) is 9.08. The van der Waals surface area contributed by atoms with Crippen LogP contribution in [0.3, 0.4) is 0 Å². The number of esters is 2. The topological polar surface area (TPSA) is 134 Å². The third-order valence-electron chi connectivity index (χ3n) is 13.4. The van der Waals surface area contributed by atoms with Crippen molar-refractivity contribution in [1.29, 1.82) is 0 Å². The monoisotopic (exact) mass is 1290 g/mol. The van der Waals surface area contributed by atoms with Gasteiger partial charge < -0.3 is 20.1 Å². The van der Waals surface area contributed by atoms with Crippen molar-refractivity contribution in [3.8, 4) is 0 Å². The molecule has 0 aromatic rings. The van der Waals surface area contributed by atoms with Crippen molar-refractivity contribution in [3.63, 3.8) is 0 Å². The molecule has 0 aliphatic rings. The second-order valence-corrected chi connectivity index (χ2v) is 23.4. The van der Waals surface area contributed by atoms with Gasteiger partial charge in [-0.3, -0.25) is 18.6 Å². The minimum Gasteiger partial charge on any atom is -0.462 e. The lowest BCUT2D eigenvalue weighted by Gasteiger charge is -2.19. The number of rotatable bonds is 62. The standard InChI is InChI=1S/C83H124NO8P/c1-3-5-7-9-11-13-15-17-19-21-23-25-27-29-31-33-35-37-38-39-40-41-42-44-46-48-50-52-54-56-58-60-62-64-66-68-70-72-74-76-83(86)92-81(80-91-93(87,88)90-78-77-84)79-89-82(85)75-73-71-69-67-65-63-61-59-57-55-53-51-49-47-45-43-36-34-32-30-28-26-24-22-20-18-16-14-12-10-8-6-4-2/h5-8,11-14,17-20,23-26,29-32,35-37,39-40,42-44,47-50,53-56,59-62,66,68,81H,3-4,9-10,15-16,21-22,27-28,33-34,38,41,45-46,51-52,57-58,63-65,67,69-80,84H2,1-2H3,(H,87,88)/b7-5-,8-6-,13-11-,14-12-,19-17-,20-18-,25-23-,26-24-,31-29-,32-30-,37-35-,40-39-,43-36-,44-42-,49-47-,50-48-,55-53-,56-54-,61-59-,62-60-,68-66-. The summed E-state index contributed by atoms with van der Waals surface area (Å²) in [7, 11) is -4.43. The fourth-order valence-electron chi connectivity index (χ4n) is 8.31. The van der Waals surface area contributed by atoms with Crippen LogP contribution in [-0.4, -0.2) is 49.3 Å². The van der Waals surface area contributed by atoms with Crippen molar-refractivity contribution in [2.45, 2.75) is 225 Å². The average molecular weight is 1290 g/mol. The molecule has 0 saturated carbocycles. The smallest absolute Gasteiger partial charge is 0.462 e. The molecule has 10 heteroatoms. The van der Waals surface area contributed by atoms with Gasteiger partial charge in [0.25, 0.3) is 0 Å². The molecule has 9 nitrogen and oxygen atoms in total. The Hall–Kier alpha value is -6.45. The third kappa shape index (κ3) is 74.5. The maximum absolute atomic E-state index is 12.7. The van der Waals surface area contributed by atoms with Gasteiger partial charge in [-0.25, -0.2) is 4.57 Å². The highest BCUT2D eigenvalue weighted by Crippen LogP contribution is 2.43. The quantitative estimate of drug-likeness (QED) is 0.0264. The van der Waals surface area contributed by atoms with Gasteiger partial charge in [-0.05, 0) is 173 Å². The summed E-state index contributed by atoms with van der Waals surface area (Å²) in [4.78, 5) is 35.3. The minimum atomic E-state index is -4.43. The Bertz CT molecular complexity index is 2480. The maximum Gasteiger partial charge on any atom is 0.472 e. The number of nitrogens with two attached hydrogens (primary N) is 1. The molecule has 0 spiro atoms. The average Bonchev–Trinajstić information content (AvgIpc) is 3.60. The molecule has 0 aliphatic heterocycles. The summed E-state index contributed by atoms with van der Waals surface area (Å²) in [6.07, 6.45) is 121. The summed E-state index contributed by atoms with van der Waals surface area (Å²) in [6.45, 7) is 3.40. The maximum atomic E-state index is 12.7. The van der Waals surface area contributed by atoms with E-state index in [1.807, 2.05) is 0 Å². The number of allylic oxidation sites excluding steroid dienone is 42. The number of phosphoric ester groups is 1. The van der Waals surface area contributed by atoms with E-state index < -0.39 is 32.5 Å². The molecule has 0 rings (SSSR count). The summed E-state index contributed by atoms with van der Waals surface area (Å²) < 4.78 is 33.1. The Morgan fingerprint density at radius 1 is 0.323 bits per heavy atom. The summed E-state index contributed by atoms with van der Waals surface area (Å²) in [6, 6.07) is 0. The van der Waals surface area contributed by atoms with Crippen LogP contribution in [0.5, 0.6) is 0 Å². The molecule has 0 heterocycles. The van der Waals surface area contributed by atoms with Gasteiger partial charge in [-0.15, -0.1) is 0 Å². The summed E-state index contributed by atoms with van der Waals surface area (Å²) in [5, 5.41) is 0. The van der Waals surface area contributed by atoms with Crippen LogP contribution in [-0.2, 0) is 32.7 Å². The van der Waals surface area contributed by atoms with Gasteiger partial charge in [0.15, 0.2) is 6.10 Å². The van der Waals surface area contributed by atoms with Crippen molar-refractivity contribution in [1.82, 2.24) is 0 Å². The first-order valence-electron chi connectivity index (χ1n) is 35.2. The predicted octanol–water partition coefficient (Wildman–Crippen LogP) is 23.7. The zero-order valence-corrected chi connectivity index (χ0v) is 58.5. The van der Waals surface area contributed by atoms with Crippen molar-refractivity contribution in [3.05, 3.63) is 255 Å². The Morgan fingerprint density at radius 2 is 0.559 bits per heavy atom. The largest absolute Gasteiger partial charge is 0.472 e. The number of unbranched alkanes of at least 4 members (excludes halogenated alkanes) is 7. The van der Waals surface area contributed by atoms with Gasteiger partial charge in [0.05, 0.1) is 13.2 Å². The zero-order chi connectivity index (χ0) is 67.2. The van der Waals surface area contributed by atoms with Crippen LogP contribution < -0.4 is 5.73 Å². The normalized spacial score (nSPS) is 14.5. The Kier molecular flexibility index (Phi) is 69.4. The molecule has 0 fully saturated rings. The molecule has 0 aromatic carbocycles. The van der Waals surface area contributed by atoms with Gasteiger partial charge in [-0.2, -0.15) is 0 Å². The van der Waals surface area contributed by atoms with E-state index >= 15 is 0 Å². The van der Waals surface area contributed by atoms with Crippen molar-refractivity contribution >= 4 is 19.8 Å².